The van der Waals surface area contributed by atoms with Gasteiger partial charge in [0.15, 0.2) is 0 Å². The van der Waals surface area contributed by atoms with Crippen molar-refractivity contribution in [3.8, 4) is 78.5 Å². The van der Waals surface area contributed by atoms with Crippen LogP contribution in [0.25, 0.3) is 78.0 Å². The summed E-state index contributed by atoms with van der Waals surface area (Å²) in [5.74, 6) is 2.28. The third-order valence-electron chi connectivity index (χ3n) is 14.3. The van der Waals surface area contributed by atoms with Crippen LogP contribution in [0.3, 0.4) is 0 Å². The zero-order chi connectivity index (χ0) is 48.2. The van der Waals surface area contributed by atoms with Gasteiger partial charge >= 0.3 is 6.98 Å². The highest BCUT2D eigenvalue weighted by Gasteiger charge is 2.48. The first kappa shape index (κ1) is 42.2. The molecular weight excluding hydrogens is 890 g/mol. The van der Waals surface area contributed by atoms with Crippen molar-refractivity contribution in [2.24, 2.45) is 0 Å². The Kier molecular flexibility index (Phi) is 10.2. The fourth-order valence-electron chi connectivity index (χ4n) is 11.1. The minimum atomic E-state index is -0.317. The lowest BCUT2D eigenvalue weighted by molar-refractivity contribution is -0.571. The maximum atomic E-state index is 6.94. The summed E-state index contributed by atoms with van der Waals surface area (Å²) in [6, 6.07) is 92.4. The van der Waals surface area contributed by atoms with E-state index in [1.165, 1.54) is 33.3 Å². The molecular formula is C66H44BN5O. The minimum Gasteiger partial charge on any atom is -0.458 e. The van der Waals surface area contributed by atoms with Gasteiger partial charge in [0.2, 0.25) is 0 Å². The standard InChI is InChI=1S/C66H44BN5O/c1-4-21-46(22-5-1)53-34-18-37-59-57-32-11-10-31-56(57)58-33-12-13-38-60(58)72-63-41-20-42-68-66(63)71(67(72)64(53)59)50-28-17-30-52(44-50)73-51-29-16-27-49(43-51)69-45-70(62-40-15-14-39-61(62)69)65-54(47-23-6-2-7-24-47)35-19-36-55(65)48-25-8-3-9-26-48/h1-44H. The number of hydrogen-bond donors (Lipinski definition) is 0. The molecule has 12 aromatic rings. The monoisotopic (exact) mass is 933 g/mol. The fraction of sp³-hybridized carbons (Fsp3) is 0. The molecule has 2 aliphatic heterocycles. The van der Waals surface area contributed by atoms with E-state index < -0.39 is 0 Å². The number of rotatable bonds is 8. The van der Waals surface area contributed by atoms with Crippen molar-refractivity contribution >= 4 is 46.4 Å². The van der Waals surface area contributed by atoms with Crippen LogP contribution in [0.15, 0.2) is 267 Å². The molecule has 0 amide bonds. The van der Waals surface area contributed by atoms with E-state index in [0.29, 0.717) is 11.5 Å². The van der Waals surface area contributed by atoms with Gasteiger partial charge < -0.3 is 14.4 Å². The molecule has 10 aromatic carbocycles. The van der Waals surface area contributed by atoms with Gasteiger partial charge in [-0.2, -0.15) is 0 Å². The highest BCUT2D eigenvalue weighted by atomic mass is 16.5. The molecule has 2 aromatic heterocycles. The van der Waals surface area contributed by atoms with E-state index in [0.717, 1.165) is 73.1 Å². The van der Waals surface area contributed by atoms with Crippen LogP contribution in [0, 0.1) is 6.33 Å². The second-order valence-corrected chi connectivity index (χ2v) is 18.4. The van der Waals surface area contributed by atoms with Crippen molar-refractivity contribution in [1.82, 2.24) is 9.55 Å². The summed E-state index contributed by atoms with van der Waals surface area (Å²) in [5, 5.41) is 0. The third kappa shape index (κ3) is 7.12. The van der Waals surface area contributed by atoms with E-state index in [1.807, 2.05) is 24.4 Å². The third-order valence-corrected chi connectivity index (χ3v) is 14.3. The van der Waals surface area contributed by atoms with Crippen LogP contribution in [-0.4, -0.2) is 16.5 Å². The first-order valence-corrected chi connectivity index (χ1v) is 24.7. The Labute approximate surface area is 424 Å². The lowest BCUT2D eigenvalue weighted by atomic mass is 9.58. The molecule has 73 heavy (non-hydrogen) atoms. The molecule has 0 radical (unpaired) electrons. The molecule has 342 valence electrons. The Morgan fingerprint density at radius 1 is 0.397 bits per heavy atom. The zero-order valence-electron chi connectivity index (χ0n) is 39.6. The van der Waals surface area contributed by atoms with Crippen LogP contribution in [0.5, 0.6) is 11.5 Å². The normalized spacial score (nSPS) is 12.3. The van der Waals surface area contributed by atoms with Crippen molar-refractivity contribution in [1.29, 1.82) is 0 Å². The molecule has 0 saturated heterocycles. The molecule has 0 spiro atoms. The summed E-state index contributed by atoms with van der Waals surface area (Å²) >= 11 is 0. The van der Waals surface area contributed by atoms with E-state index in [-0.39, 0.29) is 6.98 Å². The summed E-state index contributed by atoms with van der Waals surface area (Å²) in [6.07, 6.45) is 5.72. The molecule has 0 atom stereocenters. The second-order valence-electron chi connectivity index (χ2n) is 18.4. The van der Waals surface area contributed by atoms with E-state index in [9.17, 15) is 0 Å². The van der Waals surface area contributed by atoms with Crippen molar-refractivity contribution in [2.75, 3.05) is 9.62 Å². The van der Waals surface area contributed by atoms with Crippen LogP contribution < -0.4 is 24.4 Å². The number of hydrogen-bond acceptors (Lipinski definition) is 4. The molecule has 14 rings (SSSR count). The first-order valence-electron chi connectivity index (χ1n) is 24.7. The highest BCUT2D eigenvalue weighted by molar-refractivity contribution is 6.86. The number of anilines is 4. The Morgan fingerprint density at radius 3 is 1.60 bits per heavy atom. The zero-order valence-corrected chi connectivity index (χ0v) is 39.6. The first-order chi connectivity index (χ1) is 36.2. The summed E-state index contributed by atoms with van der Waals surface area (Å²) in [6.45, 7) is -0.317. The predicted octanol–water partition coefficient (Wildman–Crippen LogP) is 15.2. The molecule has 0 aliphatic carbocycles. The van der Waals surface area contributed by atoms with Crippen molar-refractivity contribution < 1.29 is 9.30 Å². The molecule has 2 aliphatic rings. The molecule has 0 saturated carbocycles. The van der Waals surface area contributed by atoms with Crippen LogP contribution in [0.1, 0.15) is 0 Å². The summed E-state index contributed by atoms with van der Waals surface area (Å²) in [7, 11) is 0. The van der Waals surface area contributed by atoms with Gasteiger partial charge in [-0.05, 0) is 104 Å². The van der Waals surface area contributed by atoms with Gasteiger partial charge in [-0.25, -0.2) is 4.98 Å². The summed E-state index contributed by atoms with van der Waals surface area (Å²) < 4.78 is 11.3. The minimum absolute atomic E-state index is 0.317. The summed E-state index contributed by atoms with van der Waals surface area (Å²) in [4.78, 5) is 10.1. The van der Waals surface area contributed by atoms with Crippen LogP contribution >= 0.6 is 0 Å². The molecule has 0 unspecified atom stereocenters. The Hall–Kier alpha value is -9.72. The lowest BCUT2D eigenvalue weighted by Crippen LogP contribution is -2.55. The predicted molar refractivity (Wildman–Crippen MR) is 298 cm³/mol. The number of benzene rings is 10. The number of aromatic nitrogens is 3. The van der Waals surface area contributed by atoms with Crippen LogP contribution in [0.4, 0.5) is 22.9 Å². The number of pyridine rings is 1. The molecule has 0 fully saturated rings. The molecule has 0 bridgehead atoms. The van der Waals surface area contributed by atoms with E-state index in [1.54, 1.807) is 0 Å². The van der Waals surface area contributed by atoms with Gasteiger partial charge in [0.25, 0.3) is 6.33 Å². The van der Waals surface area contributed by atoms with Crippen molar-refractivity contribution in [3.63, 3.8) is 0 Å². The maximum Gasteiger partial charge on any atom is 0.423 e. The highest BCUT2D eigenvalue weighted by Crippen LogP contribution is 2.51. The van der Waals surface area contributed by atoms with Crippen LogP contribution in [0.2, 0.25) is 0 Å². The smallest absolute Gasteiger partial charge is 0.423 e. The Morgan fingerprint density at radius 2 is 0.904 bits per heavy atom. The molecule has 6 nitrogen and oxygen atoms in total. The largest absolute Gasteiger partial charge is 0.458 e. The van der Waals surface area contributed by atoms with Crippen molar-refractivity contribution in [3.05, 3.63) is 273 Å². The van der Waals surface area contributed by atoms with Crippen molar-refractivity contribution in [2.45, 2.75) is 0 Å². The van der Waals surface area contributed by atoms with E-state index >= 15 is 0 Å². The number of ether oxygens (including phenoxy) is 1. The molecule has 7 heteroatoms. The van der Waals surface area contributed by atoms with E-state index in [4.69, 9.17) is 9.72 Å². The van der Waals surface area contributed by atoms with Gasteiger partial charge in [-0.1, -0.05) is 206 Å². The number of nitrogens with zero attached hydrogens (tertiary/aromatic N) is 5. The molecule has 4 heterocycles. The lowest BCUT2D eigenvalue weighted by Gasteiger charge is -2.35. The van der Waals surface area contributed by atoms with E-state index in [2.05, 4.69) is 268 Å². The number of fused-ring (bicyclic) bond motifs is 11. The average Bonchev–Trinajstić information content (AvgIpc) is 4.02. The van der Waals surface area contributed by atoms with Gasteiger partial charge in [0, 0.05) is 29.2 Å². The SMILES string of the molecule is [c-]1n(-c2cccc(Oc3cccc(N4B5c6c(-c7ccccc7)cccc6-c6ccccc6-c6ccccc6N5c5cccnc54)c3)c2)c2ccccc2[n+]1-c1c(-c2ccccc2)cccc1-c1ccccc1. The van der Waals surface area contributed by atoms with Crippen LogP contribution in [-0.2, 0) is 0 Å². The molecule has 0 N–H and O–H groups in total. The number of para-hydroxylation sites is 4. The van der Waals surface area contributed by atoms with Gasteiger partial charge in [-0.15, -0.1) is 0 Å². The Balaban J connectivity index is 0.892. The second kappa shape index (κ2) is 17.6. The average molecular weight is 934 g/mol. The van der Waals surface area contributed by atoms with Gasteiger partial charge in [-0.3, -0.25) is 9.13 Å². The summed E-state index contributed by atoms with van der Waals surface area (Å²) in [5.41, 5.74) is 19.9. The number of imidazole rings is 1. The quantitative estimate of drug-likeness (QED) is 0.0864. The van der Waals surface area contributed by atoms with Gasteiger partial charge in [0.1, 0.15) is 17.3 Å². The Bertz CT molecular complexity index is 3990. The fourth-order valence-corrected chi connectivity index (χ4v) is 11.1. The maximum absolute atomic E-state index is 6.94. The van der Waals surface area contributed by atoms with Gasteiger partial charge in [0.05, 0.1) is 28.1 Å². The topological polar surface area (TPSA) is 37.4 Å².